The van der Waals surface area contributed by atoms with Crippen LogP contribution in [-0.2, 0) is 0 Å². The average molecular weight is 287 g/mol. The van der Waals surface area contributed by atoms with Gasteiger partial charge in [0.1, 0.15) is 11.9 Å². The molecule has 0 atom stereocenters. The number of aliphatic hydroxyl groups is 2. The first kappa shape index (κ1) is 16.8. The number of hydrogen-bond donors (Lipinski definition) is 3. The van der Waals surface area contributed by atoms with Gasteiger partial charge in [0.2, 0.25) is 0 Å². The Labute approximate surface area is 125 Å². The predicted molar refractivity (Wildman–Crippen MR) is 85.7 cm³/mol. The van der Waals surface area contributed by atoms with Crippen molar-refractivity contribution in [2.75, 3.05) is 13.2 Å². The molecule has 0 heterocycles. The van der Waals surface area contributed by atoms with Gasteiger partial charge < -0.3 is 20.7 Å². The van der Waals surface area contributed by atoms with Gasteiger partial charge in [0.15, 0.2) is 0 Å². The zero-order valence-corrected chi connectivity index (χ0v) is 11.9. The lowest BCUT2D eigenvalue weighted by atomic mass is 10.1. The number of hydrogen-bond acceptors (Lipinski definition) is 4. The summed E-state index contributed by atoms with van der Waals surface area (Å²) < 4.78 is 5.38. The standard InChI is InChI=1S/C17H21NO3/c1-13(3-5-14(2)18)4-6-15-7-9-16(10-8-15)21-17(11-19)12-20/h3-10,17,19-20H,1-2,11-12,18H2/b5-3-,6-4+. The molecule has 0 aromatic heterocycles. The first-order valence-corrected chi connectivity index (χ1v) is 6.53. The second-order valence-electron chi connectivity index (χ2n) is 4.49. The molecule has 0 aliphatic rings. The molecular formula is C17H21NO3. The van der Waals surface area contributed by atoms with Crippen molar-refractivity contribution in [3.05, 3.63) is 72.5 Å². The lowest BCUT2D eigenvalue weighted by molar-refractivity contribution is 0.0629. The normalized spacial score (nSPS) is 11.4. The van der Waals surface area contributed by atoms with Gasteiger partial charge in [-0.05, 0) is 29.3 Å². The summed E-state index contributed by atoms with van der Waals surface area (Å²) in [7, 11) is 0. The van der Waals surface area contributed by atoms with E-state index < -0.39 is 6.10 Å². The summed E-state index contributed by atoms with van der Waals surface area (Å²) in [5.74, 6) is 0.596. The molecular weight excluding hydrogens is 266 g/mol. The van der Waals surface area contributed by atoms with Crippen LogP contribution in [-0.4, -0.2) is 29.5 Å². The molecule has 4 N–H and O–H groups in total. The minimum Gasteiger partial charge on any atom is -0.486 e. The van der Waals surface area contributed by atoms with E-state index in [1.54, 1.807) is 24.3 Å². The third-order valence-corrected chi connectivity index (χ3v) is 2.59. The summed E-state index contributed by atoms with van der Waals surface area (Å²) in [6.07, 6.45) is 6.64. The second kappa shape index (κ2) is 8.79. The van der Waals surface area contributed by atoms with E-state index in [4.69, 9.17) is 20.7 Å². The molecule has 0 spiro atoms. The van der Waals surface area contributed by atoms with E-state index >= 15 is 0 Å². The van der Waals surface area contributed by atoms with Gasteiger partial charge >= 0.3 is 0 Å². The smallest absolute Gasteiger partial charge is 0.145 e. The zero-order chi connectivity index (χ0) is 15.7. The fourth-order valence-corrected chi connectivity index (χ4v) is 1.46. The molecule has 112 valence electrons. The van der Waals surface area contributed by atoms with Crippen LogP contribution in [0.1, 0.15) is 5.56 Å². The van der Waals surface area contributed by atoms with Gasteiger partial charge in [0, 0.05) is 5.70 Å². The average Bonchev–Trinajstić information content (AvgIpc) is 2.49. The summed E-state index contributed by atoms with van der Waals surface area (Å²) in [4.78, 5) is 0. The molecule has 4 nitrogen and oxygen atoms in total. The minimum atomic E-state index is -0.597. The molecule has 0 saturated heterocycles. The van der Waals surface area contributed by atoms with Gasteiger partial charge in [-0.25, -0.2) is 0 Å². The number of nitrogens with two attached hydrogens (primary N) is 1. The summed E-state index contributed by atoms with van der Waals surface area (Å²) in [5.41, 5.74) is 7.70. The Kier molecular flexibility index (Phi) is 7.01. The van der Waals surface area contributed by atoms with Gasteiger partial charge in [-0.1, -0.05) is 43.5 Å². The lowest BCUT2D eigenvalue weighted by Gasteiger charge is -2.14. The van der Waals surface area contributed by atoms with Gasteiger partial charge in [-0.2, -0.15) is 0 Å². The highest BCUT2D eigenvalue weighted by Gasteiger charge is 2.06. The van der Waals surface area contributed by atoms with E-state index in [9.17, 15) is 0 Å². The van der Waals surface area contributed by atoms with Crippen molar-refractivity contribution in [2.45, 2.75) is 6.10 Å². The second-order valence-corrected chi connectivity index (χ2v) is 4.49. The maximum atomic E-state index is 8.95. The van der Waals surface area contributed by atoms with E-state index in [0.29, 0.717) is 11.4 Å². The quantitative estimate of drug-likeness (QED) is 0.639. The molecule has 21 heavy (non-hydrogen) atoms. The lowest BCUT2D eigenvalue weighted by Crippen LogP contribution is -2.25. The van der Waals surface area contributed by atoms with Crippen LogP contribution in [0.5, 0.6) is 5.75 Å². The monoisotopic (exact) mass is 287 g/mol. The van der Waals surface area contributed by atoms with Crippen LogP contribution >= 0.6 is 0 Å². The number of benzene rings is 1. The SMILES string of the molecule is C=C(N)/C=C\C(=C)/C=C/c1ccc(OC(CO)CO)cc1. The molecule has 0 bridgehead atoms. The van der Waals surface area contributed by atoms with E-state index in [0.717, 1.165) is 11.1 Å². The maximum Gasteiger partial charge on any atom is 0.145 e. The highest BCUT2D eigenvalue weighted by atomic mass is 16.5. The number of rotatable bonds is 8. The fraction of sp³-hybridized carbons (Fsp3) is 0.176. The Balaban J connectivity index is 2.62. The summed E-state index contributed by atoms with van der Waals surface area (Å²) >= 11 is 0. The first-order valence-electron chi connectivity index (χ1n) is 6.53. The van der Waals surface area contributed by atoms with Crippen molar-refractivity contribution in [3.8, 4) is 5.75 Å². The van der Waals surface area contributed by atoms with Crippen LogP contribution in [0.15, 0.2) is 66.9 Å². The van der Waals surface area contributed by atoms with E-state index in [1.165, 1.54) is 0 Å². The molecule has 0 fully saturated rings. The predicted octanol–water partition coefficient (Wildman–Crippen LogP) is 2.02. The first-order chi connectivity index (χ1) is 10.0. The topological polar surface area (TPSA) is 75.7 Å². The van der Waals surface area contributed by atoms with Gasteiger partial charge in [0.25, 0.3) is 0 Å². The number of allylic oxidation sites excluding steroid dienone is 4. The van der Waals surface area contributed by atoms with Crippen LogP contribution in [0.2, 0.25) is 0 Å². The van der Waals surface area contributed by atoms with Crippen molar-refractivity contribution in [1.82, 2.24) is 0 Å². The van der Waals surface area contributed by atoms with Crippen LogP contribution in [0, 0.1) is 0 Å². The van der Waals surface area contributed by atoms with Gasteiger partial charge in [0.05, 0.1) is 13.2 Å². The molecule has 4 heteroatoms. The largest absolute Gasteiger partial charge is 0.486 e. The molecule has 1 rings (SSSR count). The molecule has 0 aliphatic heterocycles. The molecule has 0 saturated carbocycles. The van der Waals surface area contributed by atoms with E-state index in [-0.39, 0.29) is 13.2 Å². The number of ether oxygens (including phenoxy) is 1. The highest BCUT2D eigenvalue weighted by Crippen LogP contribution is 2.15. The Morgan fingerprint density at radius 2 is 1.71 bits per heavy atom. The molecule has 0 radical (unpaired) electrons. The summed E-state index contributed by atoms with van der Waals surface area (Å²) in [5, 5.41) is 17.9. The van der Waals surface area contributed by atoms with Crippen molar-refractivity contribution in [2.24, 2.45) is 5.73 Å². The summed E-state index contributed by atoms with van der Waals surface area (Å²) in [6, 6.07) is 7.30. The third kappa shape index (κ3) is 6.61. The fourth-order valence-electron chi connectivity index (χ4n) is 1.46. The Bertz CT molecular complexity index is 525. The molecule has 1 aromatic carbocycles. The Hall–Kier alpha value is -2.30. The van der Waals surface area contributed by atoms with Crippen LogP contribution < -0.4 is 10.5 Å². The molecule has 1 aromatic rings. The van der Waals surface area contributed by atoms with E-state index in [1.807, 2.05) is 24.3 Å². The highest BCUT2D eigenvalue weighted by molar-refractivity contribution is 5.55. The van der Waals surface area contributed by atoms with E-state index in [2.05, 4.69) is 13.2 Å². The van der Waals surface area contributed by atoms with Crippen LogP contribution in [0.4, 0.5) is 0 Å². The van der Waals surface area contributed by atoms with Gasteiger partial charge in [-0.3, -0.25) is 0 Å². The van der Waals surface area contributed by atoms with Crippen molar-refractivity contribution >= 4 is 6.08 Å². The maximum absolute atomic E-state index is 8.95. The van der Waals surface area contributed by atoms with Crippen LogP contribution in [0.3, 0.4) is 0 Å². The summed E-state index contributed by atoms with van der Waals surface area (Å²) in [6.45, 7) is 6.99. The zero-order valence-electron chi connectivity index (χ0n) is 11.9. The Morgan fingerprint density at radius 3 is 2.24 bits per heavy atom. The van der Waals surface area contributed by atoms with Gasteiger partial charge in [-0.15, -0.1) is 0 Å². The molecule has 0 aliphatic carbocycles. The van der Waals surface area contributed by atoms with Crippen LogP contribution in [0.25, 0.3) is 6.08 Å². The molecule has 0 amide bonds. The number of aliphatic hydroxyl groups excluding tert-OH is 2. The third-order valence-electron chi connectivity index (χ3n) is 2.59. The van der Waals surface area contributed by atoms with Crippen molar-refractivity contribution in [1.29, 1.82) is 0 Å². The Morgan fingerprint density at radius 1 is 1.10 bits per heavy atom. The van der Waals surface area contributed by atoms with Crippen molar-refractivity contribution in [3.63, 3.8) is 0 Å². The molecule has 0 unspecified atom stereocenters. The minimum absolute atomic E-state index is 0.225. The van der Waals surface area contributed by atoms with Crippen molar-refractivity contribution < 1.29 is 14.9 Å².